The van der Waals surface area contributed by atoms with E-state index in [9.17, 15) is 4.79 Å². The normalized spacial score (nSPS) is 11.1. The summed E-state index contributed by atoms with van der Waals surface area (Å²) in [7, 11) is 3.65. The maximum Gasteiger partial charge on any atom is 0.261 e. The van der Waals surface area contributed by atoms with E-state index in [1.807, 2.05) is 103 Å². The van der Waals surface area contributed by atoms with E-state index in [4.69, 9.17) is 4.74 Å². The highest BCUT2D eigenvalue weighted by atomic mass is 16.5. The van der Waals surface area contributed by atoms with Crippen LogP contribution in [0.25, 0.3) is 22.0 Å². The number of ether oxygens (including phenoxy) is 1. The van der Waals surface area contributed by atoms with Gasteiger partial charge < -0.3 is 14.2 Å². The highest BCUT2D eigenvalue weighted by Gasteiger charge is 2.26. The molecule has 3 aromatic carbocycles. The van der Waals surface area contributed by atoms with Crippen LogP contribution in [-0.4, -0.2) is 27.8 Å². The first-order chi connectivity index (χ1) is 17.0. The van der Waals surface area contributed by atoms with Crippen LogP contribution in [0.3, 0.4) is 0 Å². The van der Waals surface area contributed by atoms with Crippen molar-refractivity contribution in [2.75, 3.05) is 12.0 Å². The number of nitrogens with one attached hydrogen (secondary N) is 1. The van der Waals surface area contributed by atoms with Gasteiger partial charge >= 0.3 is 0 Å². The van der Waals surface area contributed by atoms with Crippen LogP contribution in [0.5, 0.6) is 5.75 Å². The van der Waals surface area contributed by atoms with E-state index in [1.165, 1.54) is 0 Å². The lowest BCUT2D eigenvalue weighted by Crippen LogP contribution is -2.31. The van der Waals surface area contributed by atoms with Crippen LogP contribution >= 0.6 is 0 Å². The van der Waals surface area contributed by atoms with Gasteiger partial charge in [-0.15, -0.1) is 0 Å². The molecular weight excluding hydrogens is 436 g/mol. The molecule has 0 fully saturated rings. The number of H-pyrrole nitrogens is 1. The van der Waals surface area contributed by atoms with E-state index in [2.05, 4.69) is 10.2 Å². The van der Waals surface area contributed by atoms with Crippen LogP contribution in [0.15, 0.2) is 79.1 Å². The molecule has 0 saturated carbocycles. The monoisotopic (exact) mass is 464 g/mol. The van der Waals surface area contributed by atoms with E-state index in [0.29, 0.717) is 12.1 Å². The first-order valence-corrected chi connectivity index (χ1v) is 11.6. The molecule has 0 radical (unpaired) electrons. The van der Waals surface area contributed by atoms with Crippen LogP contribution in [0.2, 0.25) is 0 Å². The lowest BCUT2D eigenvalue weighted by molar-refractivity contribution is 0.0985. The largest absolute Gasteiger partial charge is 0.496 e. The van der Waals surface area contributed by atoms with E-state index in [0.717, 1.165) is 50.3 Å². The Bertz CT molecular complexity index is 1510. The van der Waals surface area contributed by atoms with Crippen molar-refractivity contribution in [3.05, 3.63) is 102 Å². The molecule has 2 heterocycles. The number of fused-ring (bicyclic) bond motifs is 1. The number of aryl methyl sites for hydroxylation is 1. The van der Waals surface area contributed by atoms with Crippen LogP contribution in [0.1, 0.15) is 27.2 Å². The first kappa shape index (κ1) is 22.5. The number of rotatable bonds is 6. The Hall–Kier alpha value is -4.32. The Morgan fingerprint density at radius 2 is 1.86 bits per heavy atom. The second kappa shape index (κ2) is 9.14. The molecule has 176 valence electrons. The van der Waals surface area contributed by atoms with Crippen molar-refractivity contribution in [1.29, 1.82) is 0 Å². The quantitative estimate of drug-likeness (QED) is 0.333. The zero-order chi connectivity index (χ0) is 24.5. The van der Waals surface area contributed by atoms with Crippen LogP contribution in [-0.2, 0) is 13.6 Å². The van der Waals surface area contributed by atoms with Gasteiger partial charge in [0.1, 0.15) is 5.75 Å². The molecule has 6 nitrogen and oxygen atoms in total. The predicted octanol–water partition coefficient (Wildman–Crippen LogP) is 6.04. The van der Waals surface area contributed by atoms with Gasteiger partial charge in [0, 0.05) is 35.6 Å². The number of hydrogen-bond donors (Lipinski definition) is 1. The van der Waals surface area contributed by atoms with Crippen LogP contribution in [0, 0.1) is 13.8 Å². The predicted molar refractivity (Wildman–Crippen MR) is 140 cm³/mol. The van der Waals surface area contributed by atoms with E-state index in [1.54, 1.807) is 13.3 Å². The summed E-state index contributed by atoms with van der Waals surface area (Å²) in [4.78, 5) is 16.2. The Kier molecular flexibility index (Phi) is 5.87. The third-order valence-corrected chi connectivity index (χ3v) is 6.71. The molecule has 5 rings (SSSR count). The number of methoxy groups -OCH3 is 1. The average Bonchev–Trinajstić information content (AvgIpc) is 3.47. The molecule has 0 atom stereocenters. The molecule has 0 aliphatic carbocycles. The van der Waals surface area contributed by atoms with Gasteiger partial charge in [-0.1, -0.05) is 42.5 Å². The SMILES string of the molecule is COc1cccc(CN(C(=O)c2c(-c3ccccc3)cn(C)c2C)c2ccc3[nH]ncc3c2)c1C. The number of nitrogens with zero attached hydrogens (tertiary/aromatic N) is 3. The number of benzene rings is 3. The number of carbonyl (C=O) groups excluding carboxylic acids is 1. The highest BCUT2D eigenvalue weighted by Crippen LogP contribution is 2.33. The third kappa shape index (κ3) is 4.08. The maximum atomic E-state index is 14.4. The summed E-state index contributed by atoms with van der Waals surface area (Å²) in [5, 5.41) is 8.09. The Morgan fingerprint density at radius 3 is 2.63 bits per heavy atom. The van der Waals surface area contributed by atoms with Gasteiger partial charge in [0.15, 0.2) is 0 Å². The second-order valence-corrected chi connectivity index (χ2v) is 8.76. The van der Waals surface area contributed by atoms with E-state index < -0.39 is 0 Å². The minimum atomic E-state index is -0.0491. The van der Waals surface area contributed by atoms with Crippen molar-refractivity contribution in [3.8, 4) is 16.9 Å². The van der Waals surface area contributed by atoms with Crippen molar-refractivity contribution in [2.45, 2.75) is 20.4 Å². The topological polar surface area (TPSA) is 63.1 Å². The first-order valence-electron chi connectivity index (χ1n) is 11.6. The molecule has 0 aliphatic rings. The van der Waals surface area contributed by atoms with Gasteiger partial charge in [0.05, 0.1) is 30.9 Å². The van der Waals surface area contributed by atoms with Gasteiger partial charge in [-0.05, 0) is 54.8 Å². The Labute approximate surface area is 204 Å². The number of anilines is 1. The molecule has 6 heteroatoms. The maximum absolute atomic E-state index is 14.4. The highest BCUT2D eigenvalue weighted by molar-refractivity contribution is 6.11. The van der Waals surface area contributed by atoms with Crippen molar-refractivity contribution < 1.29 is 9.53 Å². The zero-order valence-electron chi connectivity index (χ0n) is 20.4. The van der Waals surface area contributed by atoms with Crippen LogP contribution < -0.4 is 9.64 Å². The summed E-state index contributed by atoms with van der Waals surface area (Å²) in [6.45, 7) is 4.43. The smallest absolute Gasteiger partial charge is 0.261 e. The summed E-state index contributed by atoms with van der Waals surface area (Å²) in [5.74, 6) is 0.757. The molecule has 0 aliphatic heterocycles. The van der Waals surface area contributed by atoms with Gasteiger partial charge in [-0.3, -0.25) is 9.89 Å². The minimum absolute atomic E-state index is 0.0491. The lowest BCUT2D eigenvalue weighted by Gasteiger charge is -2.25. The molecule has 2 aromatic heterocycles. The summed E-state index contributed by atoms with van der Waals surface area (Å²) < 4.78 is 7.56. The molecule has 35 heavy (non-hydrogen) atoms. The molecule has 1 N–H and O–H groups in total. The second-order valence-electron chi connectivity index (χ2n) is 8.76. The van der Waals surface area contributed by atoms with Gasteiger partial charge in [-0.2, -0.15) is 5.10 Å². The number of aromatic amines is 1. The summed E-state index contributed by atoms with van der Waals surface area (Å²) >= 11 is 0. The average molecular weight is 465 g/mol. The number of hydrogen-bond acceptors (Lipinski definition) is 3. The van der Waals surface area contributed by atoms with E-state index in [-0.39, 0.29) is 5.91 Å². The van der Waals surface area contributed by atoms with Crippen molar-refractivity contribution in [2.24, 2.45) is 7.05 Å². The summed E-state index contributed by atoms with van der Waals surface area (Å²) in [6, 6.07) is 22.0. The van der Waals surface area contributed by atoms with Crippen molar-refractivity contribution in [3.63, 3.8) is 0 Å². The molecule has 5 aromatic rings. The Morgan fingerprint density at radius 1 is 1.06 bits per heavy atom. The van der Waals surface area contributed by atoms with E-state index >= 15 is 0 Å². The molecule has 1 amide bonds. The fourth-order valence-corrected chi connectivity index (χ4v) is 4.57. The van der Waals surface area contributed by atoms with Crippen LogP contribution in [0.4, 0.5) is 5.69 Å². The van der Waals surface area contributed by atoms with Gasteiger partial charge in [-0.25, -0.2) is 0 Å². The number of aromatic nitrogens is 3. The minimum Gasteiger partial charge on any atom is -0.496 e. The standard InChI is InChI=1S/C29H28N4O2/c1-19-22(11-8-12-27(19)35-4)17-33(24-13-14-26-23(15-24)16-30-31-26)29(34)28-20(2)32(3)18-25(28)21-9-6-5-7-10-21/h5-16,18H,17H2,1-4H3,(H,30,31). The number of amides is 1. The molecular formula is C29H28N4O2. The molecule has 0 spiro atoms. The molecule has 0 bridgehead atoms. The Balaban J connectivity index is 1.66. The van der Waals surface area contributed by atoms with Crippen molar-refractivity contribution >= 4 is 22.5 Å². The van der Waals surface area contributed by atoms with Gasteiger partial charge in [0.25, 0.3) is 5.91 Å². The van der Waals surface area contributed by atoms with Gasteiger partial charge in [0.2, 0.25) is 0 Å². The molecule has 0 saturated heterocycles. The number of carbonyl (C=O) groups is 1. The zero-order valence-corrected chi connectivity index (χ0v) is 20.4. The lowest BCUT2D eigenvalue weighted by atomic mass is 10.0. The summed E-state index contributed by atoms with van der Waals surface area (Å²) in [6.07, 6.45) is 3.81. The summed E-state index contributed by atoms with van der Waals surface area (Å²) in [5.41, 5.74) is 7.35. The third-order valence-electron chi connectivity index (χ3n) is 6.71. The molecule has 0 unspecified atom stereocenters. The fraction of sp³-hybridized carbons (Fsp3) is 0.172. The van der Waals surface area contributed by atoms with Crippen molar-refractivity contribution in [1.82, 2.24) is 14.8 Å². The fourth-order valence-electron chi connectivity index (χ4n) is 4.57.